The van der Waals surface area contributed by atoms with Crippen molar-refractivity contribution in [3.8, 4) is 0 Å². The Bertz CT molecular complexity index is 396. The zero-order valence-corrected chi connectivity index (χ0v) is 10.5. The fourth-order valence-electron chi connectivity index (χ4n) is 1.22. The predicted octanol–water partition coefficient (Wildman–Crippen LogP) is 3.80. The van der Waals surface area contributed by atoms with Crippen LogP contribution in [0, 0.1) is 17.6 Å². The lowest BCUT2D eigenvalue weighted by molar-refractivity contribution is 0.0695. The lowest BCUT2D eigenvalue weighted by atomic mass is 10.2. The quantitative estimate of drug-likeness (QED) is 0.818. The van der Waals surface area contributed by atoms with Gasteiger partial charge in [-0.2, -0.15) is 0 Å². The number of aromatic carboxylic acids is 1. The second kappa shape index (κ2) is 6.00. The van der Waals surface area contributed by atoms with E-state index in [9.17, 15) is 13.6 Å². The molecule has 17 heavy (non-hydrogen) atoms. The van der Waals surface area contributed by atoms with Gasteiger partial charge in [0.05, 0.1) is 10.5 Å². The number of thioether (sulfide) groups is 1. The van der Waals surface area contributed by atoms with Crippen molar-refractivity contribution in [2.45, 2.75) is 25.2 Å². The summed E-state index contributed by atoms with van der Waals surface area (Å²) in [6.07, 6.45) is 0.851. The minimum Gasteiger partial charge on any atom is -0.478 e. The first-order valence-corrected chi connectivity index (χ1v) is 6.25. The van der Waals surface area contributed by atoms with E-state index in [0.29, 0.717) is 11.7 Å². The summed E-state index contributed by atoms with van der Waals surface area (Å²) in [5.41, 5.74) is -0.367. The molecule has 0 aliphatic heterocycles. The molecule has 1 aromatic carbocycles. The van der Waals surface area contributed by atoms with Gasteiger partial charge in [0.1, 0.15) is 11.6 Å². The van der Waals surface area contributed by atoms with Gasteiger partial charge in [0.2, 0.25) is 0 Å². The molecular formula is C12H14F2O2S. The topological polar surface area (TPSA) is 37.3 Å². The van der Waals surface area contributed by atoms with Crippen LogP contribution >= 0.6 is 11.8 Å². The Labute approximate surface area is 103 Å². The fraction of sp³-hybridized carbons (Fsp3) is 0.417. The van der Waals surface area contributed by atoms with Crippen LogP contribution in [-0.2, 0) is 0 Å². The number of carboxylic acid groups (broad SMARTS) is 1. The van der Waals surface area contributed by atoms with Crippen molar-refractivity contribution >= 4 is 17.7 Å². The summed E-state index contributed by atoms with van der Waals surface area (Å²) >= 11 is 1.08. The molecule has 0 unspecified atom stereocenters. The summed E-state index contributed by atoms with van der Waals surface area (Å²) in [7, 11) is 0. The largest absolute Gasteiger partial charge is 0.478 e. The van der Waals surface area contributed by atoms with Crippen LogP contribution < -0.4 is 0 Å². The molecule has 0 heterocycles. The SMILES string of the molecule is CC(C)CCSc1c(F)cc(C(=O)O)cc1F. The van der Waals surface area contributed by atoms with E-state index < -0.39 is 17.6 Å². The second-order valence-electron chi connectivity index (χ2n) is 4.11. The summed E-state index contributed by atoms with van der Waals surface area (Å²) in [4.78, 5) is 10.5. The standard InChI is InChI=1S/C12H14F2O2S/c1-7(2)3-4-17-11-9(13)5-8(12(15)16)6-10(11)14/h5-7H,3-4H2,1-2H3,(H,15,16). The molecule has 0 saturated carbocycles. The normalized spacial score (nSPS) is 10.9. The molecule has 0 fully saturated rings. The summed E-state index contributed by atoms with van der Waals surface area (Å²) in [6, 6.07) is 1.70. The number of hydrogen-bond donors (Lipinski definition) is 1. The van der Waals surface area contributed by atoms with E-state index in [1.165, 1.54) is 0 Å². The highest BCUT2D eigenvalue weighted by Gasteiger charge is 2.14. The fourth-order valence-corrected chi connectivity index (χ4v) is 2.40. The summed E-state index contributed by atoms with van der Waals surface area (Å²) < 4.78 is 26.9. The number of rotatable bonds is 5. The molecule has 0 radical (unpaired) electrons. The molecule has 2 nitrogen and oxygen atoms in total. The summed E-state index contributed by atoms with van der Waals surface area (Å²) in [6.45, 7) is 4.06. The molecule has 0 aromatic heterocycles. The van der Waals surface area contributed by atoms with Crippen molar-refractivity contribution in [1.29, 1.82) is 0 Å². The molecule has 0 amide bonds. The Morgan fingerprint density at radius 3 is 2.29 bits per heavy atom. The van der Waals surface area contributed by atoms with E-state index in [1.54, 1.807) is 0 Å². The first-order valence-electron chi connectivity index (χ1n) is 5.27. The van der Waals surface area contributed by atoms with Crippen LogP contribution in [0.15, 0.2) is 17.0 Å². The first-order chi connectivity index (χ1) is 7.91. The molecule has 0 atom stereocenters. The monoisotopic (exact) mass is 260 g/mol. The third-order valence-corrected chi connectivity index (χ3v) is 3.31. The molecule has 94 valence electrons. The first kappa shape index (κ1) is 14.0. The van der Waals surface area contributed by atoms with Crippen molar-refractivity contribution < 1.29 is 18.7 Å². The molecule has 0 aliphatic rings. The molecule has 5 heteroatoms. The third-order valence-electron chi connectivity index (χ3n) is 2.19. The number of carbonyl (C=O) groups is 1. The van der Waals surface area contributed by atoms with Crippen LogP contribution in [0.2, 0.25) is 0 Å². The van der Waals surface area contributed by atoms with Gasteiger partial charge in [0, 0.05) is 0 Å². The summed E-state index contributed by atoms with van der Waals surface area (Å²) in [5, 5.41) is 8.63. The van der Waals surface area contributed by atoms with Crippen molar-refractivity contribution in [1.82, 2.24) is 0 Å². The average Bonchev–Trinajstić information content (AvgIpc) is 2.21. The zero-order valence-electron chi connectivity index (χ0n) is 9.67. The molecule has 1 N–H and O–H groups in total. The molecule has 0 spiro atoms. The average molecular weight is 260 g/mol. The smallest absolute Gasteiger partial charge is 0.335 e. The van der Waals surface area contributed by atoms with Crippen LogP contribution in [0.25, 0.3) is 0 Å². The van der Waals surface area contributed by atoms with Crippen LogP contribution in [0.5, 0.6) is 0 Å². The highest BCUT2D eigenvalue weighted by molar-refractivity contribution is 7.99. The van der Waals surface area contributed by atoms with Gasteiger partial charge in [-0.05, 0) is 30.2 Å². The molecule has 1 aromatic rings. The van der Waals surface area contributed by atoms with Gasteiger partial charge in [-0.15, -0.1) is 11.8 Å². The van der Waals surface area contributed by atoms with Crippen molar-refractivity contribution in [3.63, 3.8) is 0 Å². The minimum atomic E-state index is -1.33. The Hall–Kier alpha value is -1.10. The zero-order chi connectivity index (χ0) is 13.0. The third kappa shape index (κ3) is 4.00. The Balaban J connectivity index is 2.83. The summed E-state index contributed by atoms with van der Waals surface area (Å²) in [5.74, 6) is -1.88. The van der Waals surface area contributed by atoms with Crippen molar-refractivity contribution in [3.05, 3.63) is 29.3 Å². The van der Waals surface area contributed by atoms with Crippen molar-refractivity contribution in [2.24, 2.45) is 5.92 Å². The molecule has 0 bridgehead atoms. The van der Waals surface area contributed by atoms with Gasteiger partial charge in [-0.3, -0.25) is 0 Å². The maximum absolute atomic E-state index is 13.5. The maximum atomic E-state index is 13.5. The van der Waals surface area contributed by atoms with Crippen LogP contribution in [0.3, 0.4) is 0 Å². The Kier molecular flexibility index (Phi) is 4.93. The number of halogens is 2. The van der Waals surface area contributed by atoms with E-state index >= 15 is 0 Å². The van der Waals surface area contributed by atoms with Crippen LogP contribution in [0.1, 0.15) is 30.6 Å². The van der Waals surface area contributed by atoms with E-state index in [0.717, 1.165) is 30.3 Å². The van der Waals surface area contributed by atoms with E-state index in [2.05, 4.69) is 0 Å². The van der Waals surface area contributed by atoms with E-state index in [-0.39, 0.29) is 10.5 Å². The molecule has 0 saturated heterocycles. The molecule has 1 rings (SSSR count). The maximum Gasteiger partial charge on any atom is 0.335 e. The molecule has 0 aliphatic carbocycles. The Morgan fingerprint density at radius 1 is 1.35 bits per heavy atom. The van der Waals surface area contributed by atoms with Gasteiger partial charge >= 0.3 is 5.97 Å². The van der Waals surface area contributed by atoms with Crippen LogP contribution in [-0.4, -0.2) is 16.8 Å². The lowest BCUT2D eigenvalue weighted by Crippen LogP contribution is -2.00. The van der Waals surface area contributed by atoms with Gasteiger partial charge in [-0.25, -0.2) is 13.6 Å². The van der Waals surface area contributed by atoms with Gasteiger partial charge < -0.3 is 5.11 Å². The molecular weight excluding hydrogens is 246 g/mol. The lowest BCUT2D eigenvalue weighted by Gasteiger charge is -2.07. The van der Waals surface area contributed by atoms with Gasteiger partial charge in [0.15, 0.2) is 0 Å². The number of carboxylic acids is 1. The Morgan fingerprint density at radius 2 is 1.88 bits per heavy atom. The van der Waals surface area contributed by atoms with Crippen molar-refractivity contribution in [2.75, 3.05) is 5.75 Å². The highest BCUT2D eigenvalue weighted by atomic mass is 32.2. The van der Waals surface area contributed by atoms with Gasteiger partial charge in [0.25, 0.3) is 0 Å². The second-order valence-corrected chi connectivity index (χ2v) is 5.21. The minimum absolute atomic E-state index is 0.101. The highest BCUT2D eigenvalue weighted by Crippen LogP contribution is 2.27. The van der Waals surface area contributed by atoms with E-state index in [4.69, 9.17) is 5.11 Å². The number of hydrogen-bond acceptors (Lipinski definition) is 2. The predicted molar refractivity (Wildman–Crippen MR) is 63.5 cm³/mol. The number of benzene rings is 1. The van der Waals surface area contributed by atoms with Crippen LogP contribution in [0.4, 0.5) is 8.78 Å². The van der Waals surface area contributed by atoms with Gasteiger partial charge in [-0.1, -0.05) is 13.8 Å². The van der Waals surface area contributed by atoms with E-state index in [1.807, 2.05) is 13.8 Å².